The Bertz CT molecular complexity index is 990. The molecule has 7 heteroatoms. The average molecular weight is 362 g/mol. The largest absolute Gasteiger partial charge is 0.493 e. The monoisotopic (exact) mass is 362 g/mol. The first kappa shape index (κ1) is 18.0. The van der Waals surface area contributed by atoms with Gasteiger partial charge < -0.3 is 19.8 Å². The number of anilines is 1. The number of methoxy groups -OCH3 is 1. The van der Waals surface area contributed by atoms with Gasteiger partial charge in [0.1, 0.15) is 11.8 Å². The van der Waals surface area contributed by atoms with E-state index in [9.17, 15) is 10.1 Å². The summed E-state index contributed by atoms with van der Waals surface area (Å²) in [6, 6.07) is 14.9. The van der Waals surface area contributed by atoms with Crippen molar-refractivity contribution in [2.45, 2.75) is 6.42 Å². The van der Waals surface area contributed by atoms with Crippen LogP contribution in [0.25, 0.3) is 5.69 Å². The highest BCUT2D eigenvalue weighted by molar-refractivity contribution is 5.95. The number of carbonyl (C=O) groups is 1. The Morgan fingerprint density at radius 2 is 2.15 bits per heavy atom. The van der Waals surface area contributed by atoms with Gasteiger partial charge in [0.25, 0.3) is 0 Å². The predicted molar refractivity (Wildman–Crippen MR) is 99.7 cm³/mol. The summed E-state index contributed by atoms with van der Waals surface area (Å²) in [6.45, 7) is 0.460. The van der Waals surface area contributed by atoms with E-state index in [2.05, 4.69) is 4.98 Å². The van der Waals surface area contributed by atoms with E-state index in [0.29, 0.717) is 24.5 Å². The van der Waals surface area contributed by atoms with Crippen molar-refractivity contribution in [3.63, 3.8) is 0 Å². The third-order valence-electron chi connectivity index (χ3n) is 3.99. The third-order valence-corrected chi connectivity index (χ3v) is 3.99. The summed E-state index contributed by atoms with van der Waals surface area (Å²) in [6.07, 6.45) is 3.93. The molecule has 27 heavy (non-hydrogen) atoms. The highest BCUT2D eigenvalue weighted by Gasteiger charge is 2.21. The Hall–Kier alpha value is -3.79. The average Bonchev–Trinajstić information content (AvgIpc) is 3.05. The molecule has 0 radical (unpaired) electrons. The molecule has 2 aromatic heterocycles. The smallest absolute Gasteiger partial charge is 0.357 e. The Kier molecular flexibility index (Phi) is 5.38. The van der Waals surface area contributed by atoms with Gasteiger partial charge in [0.2, 0.25) is 0 Å². The van der Waals surface area contributed by atoms with Crippen molar-refractivity contribution in [1.29, 1.82) is 5.26 Å². The molecule has 0 aliphatic rings. The summed E-state index contributed by atoms with van der Waals surface area (Å²) < 4.78 is 12.1. The molecule has 0 spiro atoms. The van der Waals surface area contributed by atoms with Gasteiger partial charge in [0, 0.05) is 36.3 Å². The van der Waals surface area contributed by atoms with Gasteiger partial charge in [-0.1, -0.05) is 12.1 Å². The predicted octanol–water partition coefficient (Wildman–Crippen LogP) is 2.73. The fourth-order valence-electron chi connectivity index (χ4n) is 2.66. The molecule has 3 rings (SSSR count). The van der Waals surface area contributed by atoms with E-state index >= 15 is 0 Å². The zero-order valence-electron chi connectivity index (χ0n) is 14.8. The highest BCUT2D eigenvalue weighted by Crippen LogP contribution is 2.26. The molecule has 1 aromatic carbocycles. The van der Waals surface area contributed by atoms with Crippen LogP contribution in [0.2, 0.25) is 0 Å². The Morgan fingerprint density at radius 3 is 2.85 bits per heavy atom. The number of ether oxygens (including phenoxy) is 2. The van der Waals surface area contributed by atoms with Crippen molar-refractivity contribution in [1.82, 2.24) is 9.55 Å². The molecule has 0 aliphatic heterocycles. The number of nitrogen functional groups attached to an aromatic ring is 1. The van der Waals surface area contributed by atoms with Crippen LogP contribution in [0, 0.1) is 11.3 Å². The molecule has 0 atom stereocenters. The zero-order valence-corrected chi connectivity index (χ0v) is 14.8. The van der Waals surface area contributed by atoms with E-state index < -0.39 is 5.97 Å². The van der Waals surface area contributed by atoms with E-state index in [-0.39, 0.29) is 16.9 Å². The molecule has 136 valence electrons. The molecule has 2 heterocycles. The lowest BCUT2D eigenvalue weighted by Gasteiger charge is -2.11. The Morgan fingerprint density at radius 1 is 1.30 bits per heavy atom. The summed E-state index contributed by atoms with van der Waals surface area (Å²) in [7, 11) is 1.27. The van der Waals surface area contributed by atoms with Crippen molar-refractivity contribution in [3.8, 4) is 17.5 Å². The quantitative estimate of drug-likeness (QED) is 0.676. The number of esters is 1. The summed E-state index contributed by atoms with van der Waals surface area (Å²) in [5.74, 6) is 0.0144. The van der Waals surface area contributed by atoms with Gasteiger partial charge >= 0.3 is 5.97 Å². The van der Waals surface area contributed by atoms with Crippen molar-refractivity contribution in [2.75, 3.05) is 19.5 Å². The minimum absolute atomic E-state index is 0.0887. The van der Waals surface area contributed by atoms with Gasteiger partial charge in [-0.25, -0.2) is 4.79 Å². The third kappa shape index (κ3) is 3.90. The van der Waals surface area contributed by atoms with Crippen molar-refractivity contribution < 1.29 is 14.3 Å². The molecule has 0 saturated heterocycles. The number of aromatic nitrogens is 2. The molecule has 0 saturated carbocycles. The van der Waals surface area contributed by atoms with E-state index in [4.69, 9.17) is 15.2 Å². The van der Waals surface area contributed by atoms with E-state index in [1.165, 1.54) is 17.9 Å². The molecule has 7 nitrogen and oxygen atoms in total. The van der Waals surface area contributed by atoms with E-state index in [1.807, 2.05) is 30.3 Å². The SMILES string of the molecule is COC(=O)c1c(N)c(C#N)cn1-c1cccc(OCCc2ccccn2)c1. The first-order valence-electron chi connectivity index (χ1n) is 8.26. The maximum absolute atomic E-state index is 12.1. The lowest BCUT2D eigenvalue weighted by Crippen LogP contribution is -2.11. The number of hydrogen-bond donors (Lipinski definition) is 1. The lowest BCUT2D eigenvalue weighted by molar-refractivity contribution is 0.0593. The number of benzene rings is 1. The summed E-state index contributed by atoms with van der Waals surface area (Å²) >= 11 is 0. The summed E-state index contributed by atoms with van der Waals surface area (Å²) in [4.78, 5) is 16.4. The summed E-state index contributed by atoms with van der Waals surface area (Å²) in [5.41, 5.74) is 7.91. The van der Waals surface area contributed by atoms with Crippen LogP contribution in [0.4, 0.5) is 5.69 Å². The first-order chi connectivity index (χ1) is 13.1. The molecule has 0 fully saturated rings. The van der Waals surface area contributed by atoms with Crippen molar-refractivity contribution in [2.24, 2.45) is 0 Å². The number of pyridine rings is 1. The van der Waals surface area contributed by atoms with Gasteiger partial charge in [-0.05, 0) is 24.3 Å². The van der Waals surface area contributed by atoms with Crippen LogP contribution in [-0.2, 0) is 11.2 Å². The number of hydrogen-bond acceptors (Lipinski definition) is 6. The Balaban J connectivity index is 1.83. The molecule has 0 unspecified atom stereocenters. The van der Waals surface area contributed by atoms with Crippen LogP contribution >= 0.6 is 0 Å². The fraction of sp³-hybridized carbons (Fsp3) is 0.150. The molecule has 0 bridgehead atoms. The molecule has 3 aromatic rings. The molecule has 0 aliphatic carbocycles. The van der Waals surface area contributed by atoms with E-state index in [0.717, 1.165) is 5.69 Å². The molecular weight excluding hydrogens is 344 g/mol. The molecule has 0 amide bonds. The maximum Gasteiger partial charge on any atom is 0.357 e. The zero-order chi connectivity index (χ0) is 19.2. The number of nitriles is 1. The number of carbonyl (C=O) groups excluding carboxylic acids is 1. The highest BCUT2D eigenvalue weighted by atomic mass is 16.5. The standard InChI is InChI=1S/C20H18N4O3/c1-26-20(25)19-18(22)14(12-21)13-24(19)16-6-4-7-17(11-16)27-10-8-15-5-2-3-9-23-15/h2-7,9,11,13H,8,10,22H2,1H3. The normalized spacial score (nSPS) is 10.2. The number of rotatable bonds is 6. The van der Waals surface area contributed by atoms with Gasteiger partial charge in [-0.3, -0.25) is 4.98 Å². The molecule has 2 N–H and O–H groups in total. The second kappa shape index (κ2) is 8.06. The van der Waals surface area contributed by atoms with Crippen LogP contribution in [0.1, 0.15) is 21.7 Å². The van der Waals surface area contributed by atoms with Crippen LogP contribution in [0.3, 0.4) is 0 Å². The second-order valence-corrected chi connectivity index (χ2v) is 5.70. The van der Waals surface area contributed by atoms with Crippen molar-refractivity contribution >= 4 is 11.7 Å². The maximum atomic E-state index is 12.1. The minimum Gasteiger partial charge on any atom is -0.493 e. The van der Waals surface area contributed by atoms with Crippen LogP contribution in [0.5, 0.6) is 5.75 Å². The summed E-state index contributed by atoms with van der Waals surface area (Å²) in [5, 5.41) is 9.21. The Labute approximate surface area is 156 Å². The van der Waals surface area contributed by atoms with Gasteiger partial charge in [-0.2, -0.15) is 5.26 Å². The first-order valence-corrected chi connectivity index (χ1v) is 8.26. The van der Waals surface area contributed by atoms with Crippen LogP contribution in [0.15, 0.2) is 54.9 Å². The second-order valence-electron chi connectivity index (χ2n) is 5.70. The van der Waals surface area contributed by atoms with E-state index in [1.54, 1.807) is 24.4 Å². The fourth-order valence-corrected chi connectivity index (χ4v) is 2.66. The minimum atomic E-state index is -0.615. The van der Waals surface area contributed by atoms with Crippen LogP contribution in [-0.4, -0.2) is 29.2 Å². The molecular formula is C20H18N4O3. The van der Waals surface area contributed by atoms with Gasteiger partial charge in [0.15, 0.2) is 5.69 Å². The number of nitrogens with zero attached hydrogens (tertiary/aromatic N) is 3. The van der Waals surface area contributed by atoms with Crippen molar-refractivity contribution in [3.05, 3.63) is 71.8 Å². The van der Waals surface area contributed by atoms with Gasteiger partial charge in [0.05, 0.1) is 25.0 Å². The lowest BCUT2D eigenvalue weighted by atomic mass is 10.2. The topological polar surface area (TPSA) is 103 Å². The van der Waals surface area contributed by atoms with Crippen LogP contribution < -0.4 is 10.5 Å². The van der Waals surface area contributed by atoms with Gasteiger partial charge in [-0.15, -0.1) is 0 Å². The number of nitrogens with two attached hydrogens (primary N) is 1.